The highest BCUT2D eigenvalue weighted by molar-refractivity contribution is 5.13. The van der Waals surface area contributed by atoms with Crippen LogP contribution >= 0.6 is 0 Å². The van der Waals surface area contributed by atoms with Gasteiger partial charge in [0.15, 0.2) is 0 Å². The van der Waals surface area contributed by atoms with Crippen LogP contribution in [-0.2, 0) is 0 Å². The fourth-order valence-electron chi connectivity index (χ4n) is 0.548. The molecule has 1 aromatic heterocycles. The van der Waals surface area contributed by atoms with Crippen LogP contribution in [0.1, 0.15) is 0 Å². The third-order valence-electron chi connectivity index (χ3n) is 0.932. The average molecular weight is 138 g/mol. The number of aliphatic hydroxyl groups is 1. The lowest BCUT2D eigenvalue weighted by molar-refractivity contribution is 0.200. The van der Waals surface area contributed by atoms with Gasteiger partial charge in [0, 0.05) is 6.20 Å². The largest absolute Gasteiger partial charge is 0.489 e. The van der Waals surface area contributed by atoms with Crippen molar-refractivity contribution in [2.75, 3.05) is 13.2 Å². The maximum Gasteiger partial charge on any atom is 0.147 e. The van der Waals surface area contributed by atoms with Crippen molar-refractivity contribution >= 4 is 0 Å². The predicted molar refractivity (Wildman–Crippen MR) is 35.7 cm³/mol. The lowest BCUT2D eigenvalue weighted by Crippen LogP contribution is -2.01. The Hall–Kier alpha value is -1.09. The van der Waals surface area contributed by atoms with Gasteiger partial charge in [0.2, 0.25) is 0 Å². The van der Waals surface area contributed by atoms with Gasteiger partial charge in [0.25, 0.3) is 0 Å². The summed E-state index contributed by atoms with van der Waals surface area (Å²) in [6.45, 7) is 0.310. The number of ether oxygens (including phenoxy) is 1. The fraction of sp³-hybridized carbons (Fsp3) is 0.286. The van der Waals surface area contributed by atoms with E-state index in [9.17, 15) is 0 Å². The summed E-state index contributed by atoms with van der Waals surface area (Å²) in [4.78, 5) is 3.71. The van der Waals surface area contributed by atoms with Crippen LogP contribution < -0.4 is 4.74 Å². The molecule has 0 aromatic carbocycles. The molecule has 3 nitrogen and oxygen atoms in total. The van der Waals surface area contributed by atoms with E-state index in [0.717, 1.165) is 0 Å². The van der Waals surface area contributed by atoms with Crippen LogP contribution in [0.15, 0.2) is 18.3 Å². The van der Waals surface area contributed by atoms with Crippen molar-refractivity contribution in [1.82, 2.24) is 4.98 Å². The van der Waals surface area contributed by atoms with Gasteiger partial charge in [0.05, 0.1) is 6.61 Å². The molecule has 0 saturated heterocycles. The summed E-state index contributed by atoms with van der Waals surface area (Å²) in [6, 6.07) is 3.49. The second-order valence-corrected chi connectivity index (χ2v) is 1.69. The fourth-order valence-corrected chi connectivity index (χ4v) is 0.548. The molecular weight excluding hydrogens is 130 g/mol. The lowest BCUT2D eigenvalue weighted by Gasteiger charge is -1.99. The molecule has 1 N–H and O–H groups in total. The Labute approximate surface area is 59.3 Å². The summed E-state index contributed by atoms with van der Waals surface area (Å²) in [5, 5.41) is 8.37. The molecule has 0 aliphatic rings. The Morgan fingerprint density at radius 3 is 3.20 bits per heavy atom. The topological polar surface area (TPSA) is 42.4 Å². The molecule has 1 aromatic rings. The predicted octanol–water partition coefficient (Wildman–Crippen LogP) is 0.253. The summed E-state index contributed by atoms with van der Waals surface area (Å²) in [5.74, 6) is 0.566. The summed E-state index contributed by atoms with van der Waals surface area (Å²) < 4.78 is 4.99. The molecule has 0 aliphatic carbocycles. The van der Waals surface area contributed by atoms with E-state index in [2.05, 4.69) is 11.2 Å². The maximum absolute atomic E-state index is 8.37. The average Bonchev–Trinajstić information content (AvgIpc) is 2.03. The molecule has 53 valence electrons. The van der Waals surface area contributed by atoms with Crippen LogP contribution in [0.3, 0.4) is 0 Å². The molecule has 1 heterocycles. The molecule has 0 amide bonds. The molecule has 3 heteroatoms. The molecule has 0 bridgehead atoms. The second kappa shape index (κ2) is 3.85. The van der Waals surface area contributed by atoms with Crippen molar-refractivity contribution in [3.05, 3.63) is 24.5 Å². The SMILES string of the molecule is OCCOc1[c]nccc1. The number of nitrogens with zero attached hydrogens (tertiary/aromatic N) is 1. The first-order chi connectivity index (χ1) is 4.93. The molecule has 0 atom stereocenters. The monoisotopic (exact) mass is 138 g/mol. The molecule has 0 aliphatic heterocycles. The second-order valence-electron chi connectivity index (χ2n) is 1.69. The van der Waals surface area contributed by atoms with Gasteiger partial charge in [-0.15, -0.1) is 0 Å². The zero-order chi connectivity index (χ0) is 7.23. The number of aromatic nitrogens is 1. The number of pyridine rings is 1. The molecule has 10 heavy (non-hydrogen) atoms. The first-order valence-corrected chi connectivity index (χ1v) is 3.00. The van der Waals surface area contributed by atoms with Crippen molar-refractivity contribution in [2.24, 2.45) is 0 Å². The van der Waals surface area contributed by atoms with Gasteiger partial charge in [-0.1, -0.05) is 0 Å². The van der Waals surface area contributed by atoms with E-state index in [1.807, 2.05) is 0 Å². The highest BCUT2D eigenvalue weighted by Crippen LogP contribution is 2.03. The minimum Gasteiger partial charge on any atom is -0.489 e. The molecular formula is C7H8NO2. The molecule has 0 unspecified atom stereocenters. The van der Waals surface area contributed by atoms with Crippen LogP contribution in [-0.4, -0.2) is 23.3 Å². The van der Waals surface area contributed by atoms with Gasteiger partial charge in [0.1, 0.15) is 18.6 Å². The Morgan fingerprint density at radius 1 is 1.70 bits per heavy atom. The van der Waals surface area contributed by atoms with E-state index in [0.29, 0.717) is 12.4 Å². The van der Waals surface area contributed by atoms with E-state index in [-0.39, 0.29) is 6.61 Å². The Kier molecular flexibility index (Phi) is 2.70. The third-order valence-corrected chi connectivity index (χ3v) is 0.932. The first kappa shape index (κ1) is 7.02. The highest BCUT2D eigenvalue weighted by Gasteiger charge is 1.89. The number of rotatable bonds is 3. The van der Waals surface area contributed by atoms with Crippen LogP contribution in [0.4, 0.5) is 0 Å². The quantitative estimate of drug-likeness (QED) is 0.651. The van der Waals surface area contributed by atoms with Crippen molar-refractivity contribution < 1.29 is 9.84 Å². The summed E-state index contributed by atoms with van der Waals surface area (Å²) >= 11 is 0. The van der Waals surface area contributed by atoms with E-state index in [1.54, 1.807) is 18.3 Å². The van der Waals surface area contributed by atoms with Gasteiger partial charge in [-0.25, -0.2) is 0 Å². The van der Waals surface area contributed by atoms with Crippen LogP contribution in [0.5, 0.6) is 5.75 Å². The van der Waals surface area contributed by atoms with Gasteiger partial charge in [-0.05, 0) is 12.1 Å². The summed E-state index contributed by atoms with van der Waals surface area (Å²) in [7, 11) is 0. The zero-order valence-corrected chi connectivity index (χ0v) is 5.45. The van der Waals surface area contributed by atoms with Crippen molar-refractivity contribution in [3.63, 3.8) is 0 Å². The number of hydrogen-bond donors (Lipinski definition) is 1. The molecule has 0 spiro atoms. The number of aliphatic hydroxyl groups excluding tert-OH is 1. The maximum atomic E-state index is 8.37. The van der Waals surface area contributed by atoms with E-state index in [4.69, 9.17) is 9.84 Å². The molecule has 1 rings (SSSR count). The van der Waals surface area contributed by atoms with E-state index in [1.165, 1.54) is 0 Å². The number of hydrogen-bond acceptors (Lipinski definition) is 3. The summed E-state index contributed by atoms with van der Waals surface area (Å²) in [5.41, 5.74) is 0. The molecule has 1 radical (unpaired) electrons. The molecule has 0 saturated carbocycles. The minimum atomic E-state index is 0.0166. The Morgan fingerprint density at radius 2 is 2.60 bits per heavy atom. The first-order valence-electron chi connectivity index (χ1n) is 3.00. The van der Waals surface area contributed by atoms with Crippen molar-refractivity contribution in [2.45, 2.75) is 0 Å². The minimum absolute atomic E-state index is 0.0166. The van der Waals surface area contributed by atoms with Crippen LogP contribution in [0.25, 0.3) is 0 Å². The normalized spacial score (nSPS) is 9.30. The van der Waals surface area contributed by atoms with E-state index >= 15 is 0 Å². The highest BCUT2D eigenvalue weighted by atomic mass is 16.5. The van der Waals surface area contributed by atoms with Gasteiger partial charge < -0.3 is 9.84 Å². The van der Waals surface area contributed by atoms with Gasteiger partial charge >= 0.3 is 0 Å². The van der Waals surface area contributed by atoms with Crippen LogP contribution in [0.2, 0.25) is 0 Å². The zero-order valence-electron chi connectivity index (χ0n) is 5.45. The van der Waals surface area contributed by atoms with Crippen LogP contribution in [0, 0.1) is 6.20 Å². The lowest BCUT2D eigenvalue weighted by atomic mass is 10.5. The Bertz CT molecular complexity index is 176. The van der Waals surface area contributed by atoms with Gasteiger partial charge in [-0.3, -0.25) is 4.98 Å². The van der Waals surface area contributed by atoms with Crippen molar-refractivity contribution in [1.29, 1.82) is 0 Å². The molecule has 0 fully saturated rings. The Balaban J connectivity index is 2.43. The van der Waals surface area contributed by atoms with E-state index < -0.39 is 0 Å². The smallest absolute Gasteiger partial charge is 0.147 e. The van der Waals surface area contributed by atoms with Gasteiger partial charge in [-0.2, -0.15) is 0 Å². The van der Waals surface area contributed by atoms with Crippen molar-refractivity contribution in [3.8, 4) is 5.75 Å². The third kappa shape index (κ3) is 2.03. The summed E-state index contributed by atoms with van der Waals surface area (Å²) in [6.07, 6.45) is 4.24. The standard InChI is InChI=1S/C7H8NO2/c9-4-5-10-7-2-1-3-8-6-7/h1-3,9H,4-5H2.